The third-order valence-electron chi connectivity index (χ3n) is 4.46. The molecule has 1 aromatic rings. The summed E-state index contributed by atoms with van der Waals surface area (Å²) in [6.07, 6.45) is 3.48. The van der Waals surface area contributed by atoms with Gasteiger partial charge in [-0.25, -0.2) is 0 Å². The van der Waals surface area contributed by atoms with E-state index in [4.69, 9.17) is 14.2 Å². The van der Waals surface area contributed by atoms with E-state index >= 15 is 0 Å². The Balaban J connectivity index is 1.39. The smallest absolute Gasteiger partial charge is 0.158 e. The van der Waals surface area contributed by atoms with E-state index in [2.05, 4.69) is 0 Å². The molecule has 1 aliphatic carbocycles. The zero-order chi connectivity index (χ0) is 15.4. The number of carbonyl (C=O) groups is 1. The lowest BCUT2D eigenvalue weighted by atomic mass is 9.80. The van der Waals surface area contributed by atoms with Crippen molar-refractivity contribution in [1.82, 2.24) is 0 Å². The lowest BCUT2D eigenvalue weighted by Gasteiger charge is -2.25. The second kappa shape index (κ2) is 6.73. The van der Waals surface area contributed by atoms with Crippen molar-refractivity contribution >= 4 is 5.78 Å². The molecule has 1 unspecified atom stereocenters. The zero-order valence-corrected chi connectivity index (χ0v) is 12.9. The SMILES string of the molecule is CC1=CC[C@H](C2(COCOCc3ccccc3)CO2)CC1=O. The quantitative estimate of drug-likeness (QED) is 0.441. The van der Waals surface area contributed by atoms with E-state index in [-0.39, 0.29) is 24.1 Å². The molecule has 118 valence electrons. The van der Waals surface area contributed by atoms with Gasteiger partial charge in [-0.3, -0.25) is 4.79 Å². The topological polar surface area (TPSA) is 48.1 Å². The van der Waals surface area contributed by atoms with Crippen molar-refractivity contribution < 1.29 is 19.0 Å². The summed E-state index contributed by atoms with van der Waals surface area (Å²) in [7, 11) is 0. The Morgan fingerprint density at radius 1 is 1.27 bits per heavy atom. The van der Waals surface area contributed by atoms with Crippen LogP contribution in [0.1, 0.15) is 25.3 Å². The predicted molar refractivity (Wildman–Crippen MR) is 82.2 cm³/mol. The third kappa shape index (κ3) is 3.64. The maximum absolute atomic E-state index is 11.8. The van der Waals surface area contributed by atoms with Gasteiger partial charge in [0.05, 0.1) is 19.8 Å². The number of hydrogen-bond acceptors (Lipinski definition) is 4. The maximum atomic E-state index is 11.8. The van der Waals surface area contributed by atoms with Crippen LogP contribution in [0.25, 0.3) is 0 Å². The average Bonchev–Trinajstić information content (AvgIpc) is 3.32. The first-order chi connectivity index (χ1) is 10.7. The third-order valence-corrected chi connectivity index (χ3v) is 4.46. The van der Waals surface area contributed by atoms with Crippen LogP contribution in [0.3, 0.4) is 0 Å². The molecule has 0 amide bonds. The first-order valence-electron chi connectivity index (χ1n) is 7.73. The van der Waals surface area contributed by atoms with Gasteiger partial charge < -0.3 is 14.2 Å². The Kier molecular flexibility index (Phi) is 4.71. The lowest BCUT2D eigenvalue weighted by molar-refractivity contribution is -0.118. The minimum atomic E-state index is -0.275. The molecule has 1 aromatic carbocycles. The normalized spacial score (nSPS) is 27.6. The van der Waals surface area contributed by atoms with Gasteiger partial charge in [0.25, 0.3) is 0 Å². The van der Waals surface area contributed by atoms with Gasteiger partial charge in [0.15, 0.2) is 5.78 Å². The molecule has 0 aromatic heterocycles. The fourth-order valence-corrected chi connectivity index (χ4v) is 2.84. The second-order valence-electron chi connectivity index (χ2n) is 6.10. The van der Waals surface area contributed by atoms with E-state index in [1.165, 1.54) is 0 Å². The summed E-state index contributed by atoms with van der Waals surface area (Å²) in [5, 5.41) is 0. The first-order valence-corrected chi connectivity index (χ1v) is 7.73. The second-order valence-corrected chi connectivity index (χ2v) is 6.10. The minimum absolute atomic E-state index is 0.228. The van der Waals surface area contributed by atoms with Gasteiger partial charge in [-0.05, 0) is 24.5 Å². The van der Waals surface area contributed by atoms with E-state index in [9.17, 15) is 4.79 Å². The van der Waals surface area contributed by atoms with Gasteiger partial charge in [0, 0.05) is 12.3 Å². The molecule has 0 saturated carbocycles. The fraction of sp³-hybridized carbons (Fsp3) is 0.500. The Labute approximate surface area is 131 Å². The first kappa shape index (κ1) is 15.4. The van der Waals surface area contributed by atoms with Crippen LogP contribution in [-0.2, 0) is 25.6 Å². The van der Waals surface area contributed by atoms with Crippen LogP contribution in [0.2, 0.25) is 0 Å². The lowest BCUT2D eigenvalue weighted by Crippen LogP contribution is -2.33. The molecule has 0 radical (unpaired) electrons. The Morgan fingerprint density at radius 3 is 2.73 bits per heavy atom. The molecule has 2 atom stereocenters. The highest BCUT2D eigenvalue weighted by atomic mass is 16.7. The monoisotopic (exact) mass is 302 g/mol. The van der Waals surface area contributed by atoms with E-state index in [0.717, 1.165) is 17.6 Å². The summed E-state index contributed by atoms with van der Waals surface area (Å²) in [5.41, 5.74) is 1.73. The highest BCUT2D eigenvalue weighted by molar-refractivity contribution is 5.95. The molecule has 0 spiro atoms. The zero-order valence-electron chi connectivity index (χ0n) is 12.9. The van der Waals surface area contributed by atoms with E-state index in [1.54, 1.807) is 0 Å². The molecule has 1 heterocycles. The number of ether oxygens (including phenoxy) is 3. The van der Waals surface area contributed by atoms with Crippen LogP contribution < -0.4 is 0 Å². The number of ketones is 1. The van der Waals surface area contributed by atoms with Gasteiger partial charge in [-0.2, -0.15) is 0 Å². The number of benzene rings is 1. The molecule has 4 nitrogen and oxygen atoms in total. The molecule has 1 fully saturated rings. The number of Topliss-reactive ketones (excluding diaryl/α,β-unsaturated/α-hetero) is 1. The minimum Gasteiger partial charge on any atom is -0.367 e. The summed E-state index contributed by atoms with van der Waals surface area (Å²) in [4.78, 5) is 11.8. The van der Waals surface area contributed by atoms with Crippen molar-refractivity contribution in [3.8, 4) is 0 Å². The van der Waals surface area contributed by atoms with Crippen molar-refractivity contribution in [3.05, 3.63) is 47.5 Å². The Morgan fingerprint density at radius 2 is 2.05 bits per heavy atom. The van der Waals surface area contributed by atoms with Gasteiger partial charge in [0.2, 0.25) is 0 Å². The predicted octanol–water partition coefficient (Wildman–Crippen LogP) is 2.87. The molecule has 0 N–H and O–H groups in total. The standard InChI is InChI=1S/C18H22O4/c1-14-7-8-16(9-17(14)19)18(12-22-18)11-21-13-20-10-15-5-3-2-4-6-15/h2-7,16H,8-13H2,1H3/t16-,18?/m0/s1. The van der Waals surface area contributed by atoms with Gasteiger partial charge >= 0.3 is 0 Å². The average molecular weight is 302 g/mol. The molecule has 2 aliphatic rings. The van der Waals surface area contributed by atoms with Crippen LogP contribution >= 0.6 is 0 Å². The van der Waals surface area contributed by atoms with Crippen molar-refractivity contribution in [1.29, 1.82) is 0 Å². The molecule has 4 heteroatoms. The van der Waals surface area contributed by atoms with Gasteiger partial charge in [-0.15, -0.1) is 0 Å². The van der Waals surface area contributed by atoms with Gasteiger partial charge in [0.1, 0.15) is 12.4 Å². The van der Waals surface area contributed by atoms with Crippen LogP contribution in [-0.4, -0.2) is 31.4 Å². The number of rotatable bonds is 7. The van der Waals surface area contributed by atoms with Crippen LogP contribution in [0, 0.1) is 5.92 Å². The van der Waals surface area contributed by atoms with E-state index < -0.39 is 0 Å². The highest BCUT2D eigenvalue weighted by Gasteiger charge is 2.52. The molecule has 1 saturated heterocycles. The van der Waals surface area contributed by atoms with Gasteiger partial charge in [-0.1, -0.05) is 36.4 Å². The van der Waals surface area contributed by atoms with Crippen molar-refractivity contribution in [3.63, 3.8) is 0 Å². The summed E-state index contributed by atoms with van der Waals surface area (Å²) in [5.74, 6) is 0.462. The van der Waals surface area contributed by atoms with Crippen LogP contribution in [0.15, 0.2) is 42.0 Å². The molecular weight excluding hydrogens is 280 g/mol. The summed E-state index contributed by atoms with van der Waals surface area (Å²) in [6, 6.07) is 10.0. The van der Waals surface area contributed by atoms with E-state index in [1.807, 2.05) is 43.3 Å². The molecule has 0 bridgehead atoms. The Hall–Kier alpha value is -1.49. The molecule has 3 rings (SSSR count). The molecule has 22 heavy (non-hydrogen) atoms. The number of hydrogen-bond donors (Lipinski definition) is 0. The highest BCUT2D eigenvalue weighted by Crippen LogP contribution is 2.42. The Bertz CT molecular complexity index is 545. The van der Waals surface area contributed by atoms with E-state index in [0.29, 0.717) is 26.2 Å². The summed E-state index contributed by atoms with van der Waals surface area (Å²) in [6.45, 7) is 3.84. The van der Waals surface area contributed by atoms with Crippen LogP contribution in [0.5, 0.6) is 0 Å². The summed E-state index contributed by atoms with van der Waals surface area (Å²) < 4.78 is 16.8. The largest absolute Gasteiger partial charge is 0.367 e. The summed E-state index contributed by atoms with van der Waals surface area (Å²) >= 11 is 0. The fourth-order valence-electron chi connectivity index (χ4n) is 2.84. The maximum Gasteiger partial charge on any atom is 0.158 e. The number of epoxide rings is 1. The van der Waals surface area contributed by atoms with Crippen molar-refractivity contribution in [2.75, 3.05) is 20.0 Å². The number of allylic oxidation sites excluding steroid dienone is 2. The molecular formula is C18H22O4. The van der Waals surface area contributed by atoms with Crippen molar-refractivity contribution in [2.24, 2.45) is 5.92 Å². The van der Waals surface area contributed by atoms with Crippen molar-refractivity contribution in [2.45, 2.75) is 32.0 Å². The number of carbonyl (C=O) groups excluding carboxylic acids is 1. The molecule has 1 aliphatic heterocycles. The van der Waals surface area contributed by atoms with Crippen LogP contribution in [0.4, 0.5) is 0 Å².